The van der Waals surface area contributed by atoms with Crippen LogP contribution in [0.3, 0.4) is 0 Å². The van der Waals surface area contributed by atoms with E-state index in [4.69, 9.17) is 5.26 Å². The van der Waals surface area contributed by atoms with Crippen LogP contribution in [0.15, 0.2) is 48.5 Å². The van der Waals surface area contributed by atoms with Crippen LogP contribution in [0.25, 0.3) is 0 Å². The Hall–Kier alpha value is -2.34. The molecule has 0 unspecified atom stereocenters. The van der Waals surface area contributed by atoms with E-state index in [1.807, 2.05) is 30.1 Å². The zero-order valence-electron chi connectivity index (χ0n) is 10.1. The van der Waals surface area contributed by atoms with Crippen LogP contribution in [-0.2, 0) is 6.54 Å². The van der Waals surface area contributed by atoms with E-state index < -0.39 is 0 Å². The monoisotopic (exact) mass is 240 g/mol. The summed E-state index contributed by atoms with van der Waals surface area (Å²) in [7, 11) is 1.88. The summed E-state index contributed by atoms with van der Waals surface area (Å²) in [6.45, 7) is 0.474. The normalized spacial score (nSPS) is 9.83. The zero-order valence-corrected chi connectivity index (χ0v) is 10.1. The highest BCUT2D eigenvalue weighted by Gasteiger charge is 2.06. The fourth-order valence-corrected chi connectivity index (χ4v) is 1.79. The number of nitriles is 1. The van der Waals surface area contributed by atoms with Gasteiger partial charge in [0.1, 0.15) is 5.82 Å². The van der Waals surface area contributed by atoms with Gasteiger partial charge in [0.05, 0.1) is 11.6 Å². The van der Waals surface area contributed by atoms with Crippen LogP contribution in [-0.4, -0.2) is 7.05 Å². The molecule has 0 aromatic heterocycles. The summed E-state index contributed by atoms with van der Waals surface area (Å²) in [5.41, 5.74) is 2.15. The minimum absolute atomic E-state index is 0.208. The molecule has 2 aromatic carbocycles. The summed E-state index contributed by atoms with van der Waals surface area (Å²) in [4.78, 5) is 1.92. The molecule has 2 nitrogen and oxygen atoms in total. The largest absolute Gasteiger partial charge is 0.370 e. The number of benzene rings is 2. The summed E-state index contributed by atoms with van der Waals surface area (Å²) >= 11 is 0. The highest BCUT2D eigenvalue weighted by atomic mass is 19.1. The van der Waals surface area contributed by atoms with Crippen molar-refractivity contribution in [2.75, 3.05) is 11.9 Å². The molecule has 18 heavy (non-hydrogen) atoms. The van der Waals surface area contributed by atoms with Crippen molar-refractivity contribution in [1.29, 1.82) is 5.26 Å². The molecular formula is C15H13FN2. The molecule has 0 amide bonds. The number of hydrogen-bond acceptors (Lipinski definition) is 2. The predicted molar refractivity (Wildman–Crippen MR) is 69.7 cm³/mol. The first kappa shape index (κ1) is 12.1. The summed E-state index contributed by atoms with van der Waals surface area (Å²) in [6.07, 6.45) is 0. The van der Waals surface area contributed by atoms with Gasteiger partial charge in [-0.05, 0) is 24.3 Å². The quantitative estimate of drug-likeness (QED) is 0.822. The first-order valence-corrected chi connectivity index (χ1v) is 5.65. The maximum Gasteiger partial charge on any atom is 0.128 e. The lowest BCUT2D eigenvalue weighted by Gasteiger charge is -2.19. The molecule has 0 aliphatic carbocycles. The van der Waals surface area contributed by atoms with Crippen molar-refractivity contribution < 1.29 is 4.39 Å². The maximum atomic E-state index is 13.5. The van der Waals surface area contributed by atoms with Crippen molar-refractivity contribution in [2.24, 2.45) is 0 Å². The second-order valence-corrected chi connectivity index (χ2v) is 4.11. The summed E-state index contributed by atoms with van der Waals surface area (Å²) < 4.78 is 13.5. The Morgan fingerprint density at radius 2 is 1.94 bits per heavy atom. The molecule has 0 aliphatic heterocycles. The SMILES string of the molecule is CN(Cc1ccccc1F)c1cccc(C#N)c1. The van der Waals surface area contributed by atoms with Gasteiger partial charge in [-0.25, -0.2) is 4.39 Å². The second-order valence-electron chi connectivity index (χ2n) is 4.11. The average molecular weight is 240 g/mol. The number of nitrogens with zero attached hydrogens (tertiary/aromatic N) is 2. The van der Waals surface area contributed by atoms with Gasteiger partial charge in [0.2, 0.25) is 0 Å². The molecule has 0 bridgehead atoms. The highest BCUT2D eigenvalue weighted by molar-refractivity contribution is 5.51. The third kappa shape index (κ3) is 2.67. The number of hydrogen-bond donors (Lipinski definition) is 0. The lowest BCUT2D eigenvalue weighted by molar-refractivity contribution is 0.608. The zero-order chi connectivity index (χ0) is 13.0. The molecule has 0 spiro atoms. The third-order valence-electron chi connectivity index (χ3n) is 2.78. The number of rotatable bonds is 3. The first-order valence-electron chi connectivity index (χ1n) is 5.65. The highest BCUT2D eigenvalue weighted by Crippen LogP contribution is 2.18. The molecule has 0 fully saturated rings. The van der Waals surface area contributed by atoms with Crippen LogP contribution >= 0.6 is 0 Å². The van der Waals surface area contributed by atoms with E-state index in [1.165, 1.54) is 6.07 Å². The van der Waals surface area contributed by atoms with E-state index in [2.05, 4.69) is 6.07 Å². The van der Waals surface area contributed by atoms with Crippen LogP contribution in [0, 0.1) is 17.1 Å². The van der Waals surface area contributed by atoms with Crippen molar-refractivity contribution in [3.63, 3.8) is 0 Å². The van der Waals surface area contributed by atoms with Gasteiger partial charge < -0.3 is 4.90 Å². The Bertz CT molecular complexity index is 587. The van der Waals surface area contributed by atoms with E-state index in [0.29, 0.717) is 17.7 Å². The Labute approximate surface area is 106 Å². The molecule has 2 rings (SSSR count). The van der Waals surface area contributed by atoms with Crippen LogP contribution in [0.5, 0.6) is 0 Å². The fraction of sp³-hybridized carbons (Fsp3) is 0.133. The van der Waals surface area contributed by atoms with Crippen LogP contribution < -0.4 is 4.90 Å². The number of halogens is 1. The van der Waals surface area contributed by atoms with Gasteiger partial charge in [-0.2, -0.15) is 5.26 Å². The molecule has 0 atom stereocenters. The third-order valence-corrected chi connectivity index (χ3v) is 2.78. The Kier molecular flexibility index (Phi) is 3.59. The Morgan fingerprint density at radius 1 is 1.17 bits per heavy atom. The van der Waals surface area contributed by atoms with Crippen LogP contribution in [0.4, 0.5) is 10.1 Å². The fourth-order valence-electron chi connectivity index (χ4n) is 1.79. The van der Waals surface area contributed by atoms with Crippen LogP contribution in [0.2, 0.25) is 0 Å². The molecule has 0 N–H and O–H groups in total. The van der Waals surface area contributed by atoms with Crippen molar-refractivity contribution in [3.05, 3.63) is 65.5 Å². The average Bonchev–Trinajstić information content (AvgIpc) is 2.41. The smallest absolute Gasteiger partial charge is 0.128 e. The minimum Gasteiger partial charge on any atom is -0.370 e. The molecule has 90 valence electrons. The van der Waals surface area contributed by atoms with Crippen molar-refractivity contribution in [2.45, 2.75) is 6.54 Å². The summed E-state index contributed by atoms with van der Waals surface area (Å²) in [6, 6.07) is 16.1. The van der Waals surface area contributed by atoms with Crippen molar-refractivity contribution in [1.82, 2.24) is 0 Å². The van der Waals surface area contributed by atoms with Gasteiger partial charge in [-0.1, -0.05) is 24.3 Å². The minimum atomic E-state index is -0.208. The van der Waals surface area contributed by atoms with Gasteiger partial charge in [-0.3, -0.25) is 0 Å². The Balaban J connectivity index is 2.20. The lowest BCUT2D eigenvalue weighted by Crippen LogP contribution is -2.17. The molecule has 0 aliphatic rings. The molecule has 0 heterocycles. The summed E-state index contributed by atoms with van der Waals surface area (Å²) in [5.74, 6) is -0.208. The second kappa shape index (κ2) is 5.33. The maximum absolute atomic E-state index is 13.5. The van der Waals surface area contributed by atoms with Crippen LogP contribution in [0.1, 0.15) is 11.1 Å². The lowest BCUT2D eigenvalue weighted by atomic mass is 10.1. The van der Waals surface area contributed by atoms with Crippen molar-refractivity contribution >= 4 is 5.69 Å². The van der Waals surface area contributed by atoms with E-state index in [0.717, 1.165) is 5.69 Å². The van der Waals surface area contributed by atoms with Gasteiger partial charge in [0, 0.05) is 24.8 Å². The van der Waals surface area contributed by atoms with Crippen molar-refractivity contribution in [3.8, 4) is 6.07 Å². The molecule has 0 saturated carbocycles. The summed E-state index contributed by atoms with van der Waals surface area (Å²) in [5, 5.41) is 8.85. The predicted octanol–water partition coefficient (Wildman–Crippen LogP) is 3.33. The van der Waals surface area contributed by atoms with Gasteiger partial charge in [-0.15, -0.1) is 0 Å². The topological polar surface area (TPSA) is 27.0 Å². The first-order chi connectivity index (χ1) is 8.70. The van der Waals surface area contributed by atoms with Gasteiger partial charge in [0.25, 0.3) is 0 Å². The number of anilines is 1. The van der Waals surface area contributed by atoms with E-state index >= 15 is 0 Å². The molecule has 0 radical (unpaired) electrons. The standard InChI is InChI=1S/C15H13FN2/c1-18(11-13-6-2-3-8-15(13)16)14-7-4-5-12(9-14)10-17/h2-9H,11H2,1H3. The Morgan fingerprint density at radius 3 is 2.67 bits per heavy atom. The molecule has 3 heteroatoms. The van der Waals surface area contributed by atoms with E-state index in [1.54, 1.807) is 24.3 Å². The van der Waals surface area contributed by atoms with Gasteiger partial charge >= 0.3 is 0 Å². The van der Waals surface area contributed by atoms with E-state index in [9.17, 15) is 4.39 Å². The molecule has 2 aromatic rings. The molecular weight excluding hydrogens is 227 g/mol. The van der Waals surface area contributed by atoms with E-state index in [-0.39, 0.29) is 5.82 Å². The molecule has 0 saturated heterocycles. The van der Waals surface area contributed by atoms with Gasteiger partial charge in [0.15, 0.2) is 0 Å².